The maximum Gasteiger partial charge on any atom is 0.329 e. The fourth-order valence-electron chi connectivity index (χ4n) is 1.05. The van der Waals surface area contributed by atoms with E-state index in [1.54, 1.807) is 0 Å². The van der Waals surface area contributed by atoms with E-state index in [1.165, 1.54) is 12.1 Å². The molecule has 0 unspecified atom stereocenters. The number of hydrogen-bond donors (Lipinski definition) is 2. The molecule has 0 heterocycles. The summed E-state index contributed by atoms with van der Waals surface area (Å²) in [6.45, 7) is 0. The van der Waals surface area contributed by atoms with Crippen molar-refractivity contribution in [3.05, 3.63) is 24.3 Å². The summed E-state index contributed by atoms with van der Waals surface area (Å²) in [5.41, 5.74) is 0. The number of esters is 1. The van der Waals surface area contributed by atoms with E-state index >= 15 is 0 Å². The van der Waals surface area contributed by atoms with Gasteiger partial charge in [-0.15, -0.1) is 0 Å². The van der Waals surface area contributed by atoms with Crippen LogP contribution < -0.4 is 4.74 Å². The monoisotopic (exact) mass is 296 g/mol. The minimum absolute atomic E-state index is 0.534. The molecule has 0 radical (unpaired) electrons. The summed E-state index contributed by atoms with van der Waals surface area (Å²) < 4.78 is 64.3. The Labute approximate surface area is 103 Å². The van der Waals surface area contributed by atoms with E-state index in [9.17, 15) is 21.6 Å². The van der Waals surface area contributed by atoms with Gasteiger partial charge in [-0.2, -0.15) is 16.8 Å². The number of carbonyl (C=O) groups excluding carboxylic acids is 1. The molecule has 0 amide bonds. The lowest BCUT2D eigenvalue weighted by Gasteiger charge is -2.06. The van der Waals surface area contributed by atoms with Crippen LogP contribution in [-0.2, 0) is 25.0 Å². The second-order valence-electron chi connectivity index (χ2n) is 3.12. The summed E-state index contributed by atoms with van der Waals surface area (Å²) in [6.07, 6.45) is 0. The number of para-hydroxylation sites is 1. The highest BCUT2D eigenvalue weighted by Crippen LogP contribution is 2.22. The Kier molecular flexibility index (Phi) is 4.06. The predicted molar refractivity (Wildman–Crippen MR) is 58.3 cm³/mol. The van der Waals surface area contributed by atoms with E-state index in [0.717, 1.165) is 12.1 Å². The molecule has 0 spiro atoms. The zero-order valence-corrected chi connectivity index (χ0v) is 10.3. The van der Waals surface area contributed by atoms with Crippen molar-refractivity contribution in [2.75, 3.05) is 5.75 Å². The fraction of sp³-hybridized carbons (Fsp3) is 0.125. The SMILES string of the molecule is O=C(CS(=O)(=O)O)Oc1ccccc1S(=O)(=O)O. The Hall–Kier alpha value is -1.49. The Morgan fingerprint density at radius 2 is 1.67 bits per heavy atom. The zero-order chi connectivity index (χ0) is 14.0. The van der Waals surface area contributed by atoms with Crippen LogP contribution in [0.5, 0.6) is 5.75 Å². The van der Waals surface area contributed by atoms with Gasteiger partial charge in [0, 0.05) is 0 Å². The van der Waals surface area contributed by atoms with Crippen molar-refractivity contribution in [1.82, 2.24) is 0 Å². The third-order valence-electron chi connectivity index (χ3n) is 1.65. The van der Waals surface area contributed by atoms with Crippen molar-refractivity contribution >= 4 is 26.2 Å². The van der Waals surface area contributed by atoms with Crippen molar-refractivity contribution in [1.29, 1.82) is 0 Å². The lowest BCUT2D eigenvalue weighted by molar-refractivity contribution is -0.131. The molecule has 0 saturated heterocycles. The molecular weight excluding hydrogens is 288 g/mol. The first-order valence-electron chi connectivity index (χ1n) is 4.32. The highest BCUT2D eigenvalue weighted by Gasteiger charge is 2.20. The Balaban J connectivity index is 3.03. The van der Waals surface area contributed by atoms with Crippen LogP contribution in [0.4, 0.5) is 0 Å². The standard InChI is InChI=1S/C8H8O8S2/c9-8(5-17(10,11)12)16-6-3-1-2-4-7(6)18(13,14)15/h1-4H,5H2,(H,10,11,12)(H,13,14,15). The van der Waals surface area contributed by atoms with Crippen molar-refractivity contribution in [2.45, 2.75) is 4.90 Å². The van der Waals surface area contributed by atoms with E-state index in [-0.39, 0.29) is 0 Å². The van der Waals surface area contributed by atoms with Crippen LogP contribution in [0.1, 0.15) is 0 Å². The molecule has 2 N–H and O–H groups in total. The molecular formula is C8H8O8S2. The third-order valence-corrected chi connectivity index (χ3v) is 3.14. The summed E-state index contributed by atoms with van der Waals surface area (Å²) >= 11 is 0. The maximum atomic E-state index is 11.1. The van der Waals surface area contributed by atoms with Gasteiger partial charge >= 0.3 is 5.97 Å². The molecule has 1 aromatic carbocycles. The highest BCUT2D eigenvalue weighted by molar-refractivity contribution is 7.86. The summed E-state index contributed by atoms with van der Waals surface area (Å²) in [6, 6.07) is 4.59. The summed E-state index contributed by atoms with van der Waals surface area (Å²) in [4.78, 5) is 10.4. The molecule has 0 aliphatic heterocycles. The number of hydrogen-bond acceptors (Lipinski definition) is 6. The number of carbonyl (C=O) groups is 1. The lowest BCUT2D eigenvalue weighted by Crippen LogP contribution is -2.21. The lowest BCUT2D eigenvalue weighted by atomic mass is 10.3. The predicted octanol–water partition coefficient (Wildman–Crippen LogP) is -0.273. The van der Waals surface area contributed by atoms with Gasteiger partial charge in [-0.1, -0.05) is 12.1 Å². The molecule has 1 rings (SSSR count). The molecule has 100 valence electrons. The van der Waals surface area contributed by atoms with Gasteiger partial charge in [-0.25, -0.2) is 0 Å². The maximum absolute atomic E-state index is 11.1. The summed E-state index contributed by atoms with van der Waals surface area (Å²) in [5, 5.41) is 0. The summed E-state index contributed by atoms with van der Waals surface area (Å²) in [7, 11) is -9.19. The second kappa shape index (κ2) is 5.02. The molecule has 0 fully saturated rings. The van der Waals surface area contributed by atoms with Crippen molar-refractivity contribution < 1.29 is 35.5 Å². The van der Waals surface area contributed by atoms with Gasteiger partial charge in [-0.05, 0) is 12.1 Å². The van der Waals surface area contributed by atoms with Crippen LogP contribution >= 0.6 is 0 Å². The molecule has 8 nitrogen and oxygen atoms in total. The van der Waals surface area contributed by atoms with Gasteiger partial charge in [0.05, 0.1) is 0 Å². The molecule has 0 saturated carbocycles. The molecule has 0 atom stereocenters. The molecule has 0 bridgehead atoms. The van der Waals surface area contributed by atoms with Crippen molar-refractivity contribution in [3.8, 4) is 5.75 Å². The highest BCUT2D eigenvalue weighted by atomic mass is 32.2. The van der Waals surface area contributed by atoms with E-state index in [1.807, 2.05) is 0 Å². The average Bonchev–Trinajstić information content (AvgIpc) is 2.13. The number of ether oxygens (including phenoxy) is 1. The third kappa shape index (κ3) is 4.41. The van der Waals surface area contributed by atoms with Crippen LogP contribution in [0, 0.1) is 0 Å². The smallest absolute Gasteiger partial charge is 0.329 e. The molecule has 10 heteroatoms. The van der Waals surface area contributed by atoms with Gasteiger partial charge in [0.15, 0.2) is 11.5 Å². The number of rotatable bonds is 4. The summed E-state index contributed by atoms with van der Waals surface area (Å²) in [5.74, 6) is -3.24. The normalized spacial score (nSPS) is 12.1. The molecule has 1 aromatic rings. The van der Waals surface area contributed by atoms with Gasteiger partial charge in [-0.3, -0.25) is 13.9 Å². The van der Waals surface area contributed by atoms with E-state index < -0.39 is 42.6 Å². The van der Waals surface area contributed by atoms with Crippen LogP contribution in [0.2, 0.25) is 0 Å². The minimum atomic E-state index is -4.61. The van der Waals surface area contributed by atoms with E-state index in [0.29, 0.717) is 0 Å². The quantitative estimate of drug-likeness (QED) is 0.440. The van der Waals surface area contributed by atoms with Crippen LogP contribution in [0.3, 0.4) is 0 Å². The molecule has 0 aliphatic carbocycles. The van der Waals surface area contributed by atoms with Crippen LogP contribution in [0.25, 0.3) is 0 Å². The van der Waals surface area contributed by atoms with Gasteiger partial charge in [0.2, 0.25) is 0 Å². The van der Waals surface area contributed by atoms with Gasteiger partial charge in [0.25, 0.3) is 20.2 Å². The Morgan fingerprint density at radius 3 is 2.17 bits per heavy atom. The number of benzene rings is 1. The Bertz CT molecular complexity index is 658. The zero-order valence-electron chi connectivity index (χ0n) is 8.68. The van der Waals surface area contributed by atoms with Crippen LogP contribution in [-0.4, -0.2) is 37.7 Å². The average molecular weight is 296 g/mol. The molecule has 18 heavy (non-hydrogen) atoms. The minimum Gasteiger partial charge on any atom is -0.424 e. The second-order valence-corrected chi connectivity index (χ2v) is 5.96. The largest absolute Gasteiger partial charge is 0.424 e. The first kappa shape index (κ1) is 14.6. The van der Waals surface area contributed by atoms with Gasteiger partial charge in [0.1, 0.15) is 4.90 Å². The Morgan fingerprint density at radius 1 is 1.11 bits per heavy atom. The van der Waals surface area contributed by atoms with Crippen LogP contribution in [0.15, 0.2) is 29.2 Å². The first-order valence-corrected chi connectivity index (χ1v) is 7.37. The van der Waals surface area contributed by atoms with Crippen molar-refractivity contribution in [3.63, 3.8) is 0 Å². The van der Waals surface area contributed by atoms with E-state index in [2.05, 4.69) is 4.74 Å². The van der Waals surface area contributed by atoms with Gasteiger partial charge < -0.3 is 4.74 Å². The topological polar surface area (TPSA) is 135 Å². The first-order chi connectivity index (χ1) is 8.09. The van der Waals surface area contributed by atoms with E-state index in [4.69, 9.17) is 9.11 Å². The fourth-order valence-corrected chi connectivity index (χ4v) is 2.02. The molecule has 0 aromatic heterocycles. The molecule has 0 aliphatic rings. The van der Waals surface area contributed by atoms with Crippen molar-refractivity contribution in [2.24, 2.45) is 0 Å².